The zero-order valence-electron chi connectivity index (χ0n) is 16.5. The van der Waals surface area contributed by atoms with E-state index in [0.29, 0.717) is 48.9 Å². The summed E-state index contributed by atoms with van der Waals surface area (Å²) in [5.41, 5.74) is -0.00776. The first kappa shape index (κ1) is 21.3. The average Bonchev–Trinajstić information content (AvgIpc) is 2.77. The number of hydrogen-bond acceptors (Lipinski definition) is 5. The lowest BCUT2D eigenvalue weighted by Crippen LogP contribution is -2.49. The van der Waals surface area contributed by atoms with Crippen LogP contribution in [0.2, 0.25) is 0 Å². The lowest BCUT2D eigenvalue weighted by atomic mass is 10.1. The van der Waals surface area contributed by atoms with Crippen LogP contribution in [0.5, 0.6) is 11.5 Å². The first-order valence-corrected chi connectivity index (χ1v) is 9.16. The number of amides is 1. The summed E-state index contributed by atoms with van der Waals surface area (Å²) in [7, 11) is 3.00. The molecule has 1 fully saturated rings. The summed E-state index contributed by atoms with van der Waals surface area (Å²) in [6.45, 7) is 1.55. The van der Waals surface area contributed by atoms with Gasteiger partial charge in [0.05, 0.1) is 31.0 Å². The molecular formula is C21H20F3N3O3. The third-order valence-corrected chi connectivity index (χ3v) is 4.98. The molecule has 1 amide bonds. The van der Waals surface area contributed by atoms with Gasteiger partial charge in [0.2, 0.25) is 0 Å². The largest absolute Gasteiger partial charge is 0.493 e. The topological polar surface area (TPSA) is 65.8 Å². The molecule has 2 aromatic carbocycles. The lowest BCUT2D eigenvalue weighted by molar-refractivity contribution is -0.137. The van der Waals surface area contributed by atoms with Gasteiger partial charge in [-0.05, 0) is 36.4 Å². The fourth-order valence-corrected chi connectivity index (χ4v) is 3.38. The Labute approximate surface area is 172 Å². The Hall–Kier alpha value is -3.41. The van der Waals surface area contributed by atoms with Crippen LogP contribution in [0.1, 0.15) is 21.5 Å². The minimum atomic E-state index is -4.51. The molecule has 1 saturated heterocycles. The van der Waals surface area contributed by atoms with Gasteiger partial charge in [-0.1, -0.05) is 0 Å². The summed E-state index contributed by atoms with van der Waals surface area (Å²) >= 11 is 0. The predicted octanol–water partition coefficient (Wildman–Crippen LogP) is 3.56. The number of hydrogen-bond donors (Lipinski definition) is 0. The van der Waals surface area contributed by atoms with Crippen molar-refractivity contribution in [2.45, 2.75) is 6.18 Å². The molecule has 0 aromatic heterocycles. The first-order chi connectivity index (χ1) is 14.3. The number of carbonyl (C=O) groups is 1. The number of nitrogens with zero attached hydrogens (tertiary/aromatic N) is 3. The van der Waals surface area contributed by atoms with E-state index in [-0.39, 0.29) is 11.5 Å². The van der Waals surface area contributed by atoms with Crippen LogP contribution in [-0.4, -0.2) is 51.2 Å². The van der Waals surface area contributed by atoms with Crippen molar-refractivity contribution in [1.29, 1.82) is 5.26 Å². The number of anilines is 1. The molecule has 0 atom stereocenters. The van der Waals surface area contributed by atoms with Crippen molar-refractivity contribution in [1.82, 2.24) is 4.90 Å². The molecule has 0 radical (unpaired) electrons. The van der Waals surface area contributed by atoms with Crippen LogP contribution < -0.4 is 14.4 Å². The summed E-state index contributed by atoms with van der Waals surface area (Å²) in [5, 5.41) is 9.29. The maximum atomic E-state index is 12.9. The van der Waals surface area contributed by atoms with Gasteiger partial charge in [-0.2, -0.15) is 18.4 Å². The highest BCUT2D eigenvalue weighted by Crippen LogP contribution is 2.33. The van der Waals surface area contributed by atoms with Gasteiger partial charge in [-0.3, -0.25) is 4.79 Å². The Morgan fingerprint density at radius 2 is 1.67 bits per heavy atom. The minimum Gasteiger partial charge on any atom is -0.493 e. The molecule has 1 aliphatic heterocycles. The smallest absolute Gasteiger partial charge is 0.416 e. The number of carbonyl (C=O) groups excluding carboxylic acids is 1. The Bertz CT molecular complexity index is 978. The number of piperazine rings is 1. The van der Waals surface area contributed by atoms with E-state index in [1.807, 2.05) is 11.0 Å². The maximum absolute atomic E-state index is 12.9. The molecular weight excluding hydrogens is 399 g/mol. The fourth-order valence-electron chi connectivity index (χ4n) is 3.38. The van der Waals surface area contributed by atoms with Gasteiger partial charge in [-0.25, -0.2) is 0 Å². The SMILES string of the molecule is COc1ccc(C(=O)N2CCN(c3ccc(C(F)(F)F)cc3C#N)CC2)cc1OC. The summed E-state index contributed by atoms with van der Waals surface area (Å²) in [6.07, 6.45) is -4.51. The molecule has 1 aliphatic rings. The van der Waals surface area contributed by atoms with Gasteiger partial charge < -0.3 is 19.3 Å². The minimum absolute atomic E-state index is 0.0375. The molecule has 3 rings (SSSR count). The van der Waals surface area contributed by atoms with Crippen LogP contribution >= 0.6 is 0 Å². The molecule has 0 spiro atoms. The van der Waals surface area contributed by atoms with Gasteiger partial charge in [0, 0.05) is 31.7 Å². The molecule has 1 heterocycles. The van der Waals surface area contributed by atoms with Crippen molar-refractivity contribution in [2.24, 2.45) is 0 Å². The van der Waals surface area contributed by atoms with Crippen molar-refractivity contribution in [3.8, 4) is 17.6 Å². The van der Waals surface area contributed by atoms with E-state index < -0.39 is 11.7 Å². The number of nitriles is 1. The van der Waals surface area contributed by atoms with Crippen molar-refractivity contribution in [3.05, 3.63) is 53.1 Å². The second kappa shape index (κ2) is 8.53. The second-order valence-corrected chi connectivity index (χ2v) is 6.69. The summed E-state index contributed by atoms with van der Waals surface area (Å²) in [6, 6.07) is 9.90. The Morgan fingerprint density at radius 3 is 2.23 bits per heavy atom. The van der Waals surface area contributed by atoms with Crippen LogP contribution in [0.4, 0.5) is 18.9 Å². The number of methoxy groups -OCH3 is 2. The first-order valence-electron chi connectivity index (χ1n) is 9.16. The average molecular weight is 419 g/mol. The molecule has 9 heteroatoms. The van der Waals surface area contributed by atoms with E-state index in [1.165, 1.54) is 20.3 Å². The molecule has 2 aromatic rings. The van der Waals surface area contributed by atoms with Crippen LogP contribution in [0.15, 0.2) is 36.4 Å². The second-order valence-electron chi connectivity index (χ2n) is 6.69. The molecule has 6 nitrogen and oxygen atoms in total. The van der Waals surface area contributed by atoms with E-state index in [9.17, 15) is 23.2 Å². The van der Waals surface area contributed by atoms with Crippen LogP contribution in [0, 0.1) is 11.3 Å². The van der Waals surface area contributed by atoms with Crippen molar-refractivity contribution >= 4 is 11.6 Å². The van der Waals surface area contributed by atoms with Gasteiger partial charge in [-0.15, -0.1) is 0 Å². The highest BCUT2D eigenvalue weighted by Gasteiger charge is 2.32. The zero-order valence-corrected chi connectivity index (χ0v) is 16.5. The molecule has 0 unspecified atom stereocenters. The highest BCUT2D eigenvalue weighted by atomic mass is 19.4. The van der Waals surface area contributed by atoms with E-state index in [2.05, 4.69) is 0 Å². The Balaban J connectivity index is 1.72. The standard InChI is InChI=1S/C21H20F3N3O3/c1-29-18-6-3-14(12-19(18)30-2)20(28)27-9-7-26(8-10-27)17-5-4-16(21(22,23)24)11-15(17)13-25/h3-6,11-12H,7-10H2,1-2H3. The van der Waals surface area contributed by atoms with E-state index >= 15 is 0 Å². The van der Waals surface area contributed by atoms with E-state index in [1.54, 1.807) is 23.1 Å². The monoisotopic (exact) mass is 419 g/mol. The predicted molar refractivity (Wildman–Crippen MR) is 104 cm³/mol. The van der Waals surface area contributed by atoms with Crippen molar-refractivity contribution in [2.75, 3.05) is 45.3 Å². The van der Waals surface area contributed by atoms with Crippen molar-refractivity contribution < 1.29 is 27.4 Å². The molecule has 0 saturated carbocycles. The number of benzene rings is 2. The summed E-state index contributed by atoms with van der Waals surface area (Å²) in [5.74, 6) is 0.791. The Kier molecular flexibility index (Phi) is 6.06. The van der Waals surface area contributed by atoms with Gasteiger partial charge >= 0.3 is 6.18 Å². The molecule has 158 valence electrons. The Morgan fingerprint density at radius 1 is 1.00 bits per heavy atom. The van der Waals surface area contributed by atoms with Crippen molar-refractivity contribution in [3.63, 3.8) is 0 Å². The van der Waals surface area contributed by atoms with Crippen LogP contribution in [-0.2, 0) is 6.18 Å². The molecule has 0 N–H and O–H groups in total. The normalized spacial score (nSPS) is 14.3. The molecule has 30 heavy (non-hydrogen) atoms. The quantitative estimate of drug-likeness (QED) is 0.758. The van der Waals surface area contributed by atoms with Crippen LogP contribution in [0.25, 0.3) is 0 Å². The highest BCUT2D eigenvalue weighted by molar-refractivity contribution is 5.95. The number of ether oxygens (including phenoxy) is 2. The third kappa shape index (κ3) is 4.27. The van der Waals surface area contributed by atoms with E-state index in [4.69, 9.17) is 9.47 Å². The maximum Gasteiger partial charge on any atom is 0.416 e. The summed E-state index contributed by atoms with van der Waals surface area (Å²) < 4.78 is 49.1. The zero-order chi connectivity index (χ0) is 21.9. The van der Waals surface area contributed by atoms with Gasteiger partial charge in [0.1, 0.15) is 6.07 Å². The number of halogens is 3. The number of alkyl halides is 3. The van der Waals surface area contributed by atoms with E-state index in [0.717, 1.165) is 12.1 Å². The number of rotatable bonds is 4. The van der Waals surface area contributed by atoms with Gasteiger partial charge in [0.25, 0.3) is 5.91 Å². The molecule has 0 aliphatic carbocycles. The third-order valence-electron chi connectivity index (χ3n) is 4.98. The van der Waals surface area contributed by atoms with Crippen LogP contribution in [0.3, 0.4) is 0 Å². The summed E-state index contributed by atoms with van der Waals surface area (Å²) in [4.78, 5) is 16.3. The fraction of sp³-hybridized carbons (Fsp3) is 0.333. The van der Waals surface area contributed by atoms with Gasteiger partial charge in [0.15, 0.2) is 11.5 Å². The molecule has 0 bridgehead atoms. The lowest BCUT2D eigenvalue weighted by Gasteiger charge is -2.36.